The Morgan fingerprint density at radius 2 is 1.95 bits per heavy atom. The van der Waals surface area contributed by atoms with E-state index >= 15 is 0 Å². The summed E-state index contributed by atoms with van der Waals surface area (Å²) in [5, 5.41) is 8.25. The molecule has 0 saturated carbocycles. The Morgan fingerprint density at radius 1 is 1.26 bits per heavy atom. The average molecular weight is 265 g/mol. The van der Waals surface area contributed by atoms with E-state index in [0.29, 0.717) is 17.1 Å². The van der Waals surface area contributed by atoms with Gasteiger partial charge in [-0.1, -0.05) is 0 Å². The minimum Gasteiger partial charge on any atom is -0.495 e. The van der Waals surface area contributed by atoms with Gasteiger partial charge < -0.3 is 20.7 Å². The van der Waals surface area contributed by atoms with Crippen LogP contribution in [0.2, 0.25) is 0 Å². The maximum absolute atomic E-state index is 11.8. The fraction of sp³-hybridized carbons (Fsp3) is 0.385. The van der Waals surface area contributed by atoms with Crippen molar-refractivity contribution in [3.63, 3.8) is 0 Å². The van der Waals surface area contributed by atoms with Gasteiger partial charge in [-0.05, 0) is 32.2 Å². The maximum Gasteiger partial charge on any atom is 0.241 e. The van der Waals surface area contributed by atoms with Crippen molar-refractivity contribution in [2.75, 3.05) is 24.8 Å². The highest BCUT2D eigenvalue weighted by atomic mass is 16.5. The van der Waals surface area contributed by atoms with Crippen LogP contribution in [-0.4, -0.2) is 32.0 Å². The van der Waals surface area contributed by atoms with Crippen LogP contribution in [-0.2, 0) is 9.59 Å². The summed E-state index contributed by atoms with van der Waals surface area (Å²) in [6.45, 7) is 3.17. The summed E-state index contributed by atoms with van der Waals surface area (Å²) in [6.07, 6.45) is 0. The molecule has 0 aromatic heterocycles. The molecule has 0 fully saturated rings. The second-order valence-corrected chi connectivity index (χ2v) is 4.10. The van der Waals surface area contributed by atoms with Gasteiger partial charge in [-0.25, -0.2) is 0 Å². The number of carbonyl (C=O) groups is 2. The SMILES string of the molecule is CNC(C)C(=O)Nc1cc(NC(C)=O)ccc1OC. The lowest BCUT2D eigenvalue weighted by molar-refractivity contribution is -0.117. The summed E-state index contributed by atoms with van der Waals surface area (Å²) in [5.41, 5.74) is 1.11. The number of likely N-dealkylation sites (N-methyl/N-ethyl adjacent to an activating group) is 1. The first-order valence-corrected chi connectivity index (χ1v) is 5.91. The van der Waals surface area contributed by atoms with Crippen molar-refractivity contribution in [3.8, 4) is 5.75 Å². The van der Waals surface area contributed by atoms with Gasteiger partial charge in [0.15, 0.2) is 0 Å². The molecular weight excluding hydrogens is 246 g/mol. The second-order valence-electron chi connectivity index (χ2n) is 4.10. The molecule has 0 spiro atoms. The number of hydrogen-bond acceptors (Lipinski definition) is 4. The molecule has 0 bridgehead atoms. The fourth-order valence-corrected chi connectivity index (χ4v) is 1.46. The molecule has 19 heavy (non-hydrogen) atoms. The number of methoxy groups -OCH3 is 1. The van der Waals surface area contributed by atoms with Gasteiger partial charge in [0, 0.05) is 12.6 Å². The molecule has 6 heteroatoms. The second kappa shape index (κ2) is 6.75. The topological polar surface area (TPSA) is 79.5 Å². The van der Waals surface area contributed by atoms with Gasteiger partial charge in [0.05, 0.1) is 18.8 Å². The Hall–Kier alpha value is -2.08. The third-order valence-electron chi connectivity index (χ3n) is 2.60. The van der Waals surface area contributed by atoms with E-state index in [1.54, 1.807) is 32.2 Å². The van der Waals surface area contributed by atoms with Crippen LogP contribution in [0, 0.1) is 0 Å². The highest BCUT2D eigenvalue weighted by molar-refractivity contribution is 5.97. The molecule has 104 valence electrons. The van der Waals surface area contributed by atoms with E-state index in [1.165, 1.54) is 14.0 Å². The minimum absolute atomic E-state index is 0.175. The molecule has 6 nitrogen and oxygen atoms in total. The first kappa shape index (κ1) is 15.0. The normalized spacial score (nSPS) is 11.6. The maximum atomic E-state index is 11.8. The first-order chi connectivity index (χ1) is 8.97. The van der Waals surface area contributed by atoms with Crippen molar-refractivity contribution < 1.29 is 14.3 Å². The van der Waals surface area contributed by atoms with Crippen LogP contribution in [0.5, 0.6) is 5.75 Å². The van der Waals surface area contributed by atoms with Gasteiger partial charge in [0.1, 0.15) is 5.75 Å². The lowest BCUT2D eigenvalue weighted by Crippen LogP contribution is -2.35. The highest BCUT2D eigenvalue weighted by Gasteiger charge is 2.13. The van der Waals surface area contributed by atoms with E-state index in [4.69, 9.17) is 4.74 Å². The van der Waals surface area contributed by atoms with Crippen LogP contribution in [0.15, 0.2) is 18.2 Å². The lowest BCUT2D eigenvalue weighted by atomic mass is 10.2. The molecule has 0 aliphatic heterocycles. The molecule has 1 aromatic carbocycles. The van der Waals surface area contributed by atoms with Gasteiger partial charge in [0.25, 0.3) is 0 Å². The Kier molecular flexibility index (Phi) is 5.32. The summed E-state index contributed by atoms with van der Waals surface area (Å²) < 4.78 is 5.17. The summed E-state index contributed by atoms with van der Waals surface area (Å²) in [4.78, 5) is 22.8. The fourth-order valence-electron chi connectivity index (χ4n) is 1.46. The van der Waals surface area contributed by atoms with Gasteiger partial charge in [-0.15, -0.1) is 0 Å². The minimum atomic E-state index is -0.325. The average Bonchev–Trinajstić information content (AvgIpc) is 2.37. The van der Waals surface area contributed by atoms with Crippen LogP contribution in [0.3, 0.4) is 0 Å². The molecule has 1 unspecified atom stereocenters. The van der Waals surface area contributed by atoms with Crippen molar-refractivity contribution in [1.29, 1.82) is 0 Å². The van der Waals surface area contributed by atoms with Crippen molar-refractivity contribution in [3.05, 3.63) is 18.2 Å². The number of benzene rings is 1. The van der Waals surface area contributed by atoms with Gasteiger partial charge >= 0.3 is 0 Å². The summed E-state index contributed by atoms with van der Waals surface area (Å²) >= 11 is 0. The standard InChI is InChI=1S/C13H19N3O3/c1-8(14-3)13(18)16-11-7-10(15-9(2)17)5-6-12(11)19-4/h5-8,14H,1-4H3,(H,15,17)(H,16,18). The van der Waals surface area contributed by atoms with Crippen molar-refractivity contribution >= 4 is 23.2 Å². The van der Waals surface area contributed by atoms with E-state index in [0.717, 1.165) is 0 Å². The van der Waals surface area contributed by atoms with Gasteiger partial charge in [-0.2, -0.15) is 0 Å². The molecule has 2 amide bonds. The van der Waals surface area contributed by atoms with Crippen LogP contribution in [0.4, 0.5) is 11.4 Å². The molecule has 3 N–H and O–H groups in total. The zero-order valence-electron chi connectivity index (χ0n) is 11.5. The van der Waals surface area contributed by atoms with Crippen LogP contribution >= 0.6 is 0 Å². The predicted octanol–water partition coefficient (Wildman–Crippen LogP) is 1.20. The summed E-state index contributed by atoms with van der Waals surface area (Å²) in [5.74, 6) is 0.178. The molecule has 0 heterocycles. The molecule has 0 saturated heterocycles. The number of rotatable bonds is 5. The van der Waals surface area contributed by atoms with Crippen molar-refractivity contribution in [1.82, 2.24) is 5.32 Å². The van der Waals surface area contributed by atoms with Crippen molar-refractivity contribution in [2.24, 2.45) is 0 Å². The van der Waals surface area contributed by atoms with Gasteiger partial charge in [-0.3, -0.25) is 9.59 Å². The number of anilines is 2. The Balaban J connectivity index is 2.95. The Morgan fingerprint density at radius 3 is 2.47 bits per heavy atom. The number of nitrogens with one attached hydrogen (secondary N) is 3. The molecule has 1 aromatic rings. The van der Waals surface area contributed by atoms with Crippen LogP contribution < -0.4 is 20.7 Å². The zero-order valence-corrected chi connectivity index (χ0v) is 11.5. The Bertz CT molecular complexity index is 474. The van der Waals surface area contributed by atoms with E-state index in [-0.39, 0.29) is 17.9 Å². The van der Waals surface area contributed by atoms with E-state index in [1.807, 2.05) is 0 Å². The third-order valence-corrected chi connectivity index (χ3v) is 2.60. The summed E-state index contributed by atoms with van der Waals surface area (Å²) in [7, 11) is 3.22. The summed E-state index contributed by atoms with van der Waals surface area (Å²) in [6, 6.07) is 4.72. The predicted molar refractivity (Wildman–Crippen MR) is 74.4 cm³/mol. The number of carbonyl (C=O) groups excluding carboxylic acids is 2. The van der Waals surface area contributed by atoms with Crippen LogP contribution in [0.1, 0.15) is 13.8 Å². The van der Waals surface area contributed by atoms with Crippen LogP contribution in [0.25, 0.3) is 0 Å². The molecule has 1 rings (SSSR count). The zero-order chi connectivity index (χ0) is 14.4. The number of ether oxygens (including phenoxy) is 1. The number of amides is 2. The number of hydrogen-bond donors (Lipinski definition) is 3. The molecule has 1 atom stereocenters. The highest BCUT2D eigenvalue weighted by Crippen LogP contribution is 2.27. The smallest absolute Gasteiger partial charge is 0.241 e. The van der Waals surface area contributed by atoms with E-state index in [9.17, 15) is 9.59 Å². The molecule has 0 radical (unpaired) electrons. The molecular formula is C13H19N3O3. The van der Waals surface area contributed by atoms with Crippen molar-refractivity contribution in [2.45, 2.75) is 19.9 Å². The van der Waals surface area contributed by atoms with E-state index in [2.05, 4.69) is 16.0 Å². The quantitative estimate of drug-likeness (QED) is 0.747. The van der Waals surface area contributed by atoms with Gasteiger partial charge in [0.2, 0.25) is 11.8 Å². The Labute approximate surface area is 112 Å². The largest absolute Gasteiger partial charge is 0.495 e. The molecule has 0 aliphatic rings. The lowest BCUT2D eigenvalue weighted by Gasteiger charge is -2.15. The third kappa shape index (κ3) is 4.26. The first-order valence-electron chi connectivity index (χ1n) is 5.91. The molecule has 0 aliphatic carbocycles. The van der Waals surface area contributed by atoms with E-state index < -0.39 is 0 Å². The monoisotopic (exact) mass is 265 g/mol.